The molecule has 0 aliphatic rings. The van der Waals surface area contributed by atoms with E-state index < -0.39 is 8.24 Å². The zero-order valence-corrected chi connectivity index (χ0v) is 27.6. The molecule has 3 nitrogen and oxygen atoms in total. The van der Waals surface area contributed by atoms with Gasteiger partial charge in [0.1, 0.15) is 16.9 Å². The number of hydrogen-bond acceptors (Lipinski definition) is 3. The van der Waals surface area contributed by atoms with Gasteiger partial charge in [-0.05, 0) is 68.6 Å². The lowest BCUT2D eigenvalue weighted by atomic mass is 9.99. The molecule has 0 saturated carbocycles. The minimum Gasteiger partial charge on any atom is -0.390 e. The van der Waals surface area contributed by atoms with Gasteiger partial charge in [-0.2, -0.15) is 0 Å². The Morgan fingerprint density at radius 2 is 0.958 bits per heavy atom. The fourth-order valence-electron chi connectivity index (χ4n) is 6.45. The van der Waals surface area contributed by atoms with Gasteiger partial charge in [0.05, 0.1) is 0 Å². The fraction of sp³-hybridized carbons (Fsp3) is 0. The lowest BCUT2D eigenvalue weighted by Crippen LogP contribution is -1.86. The zero-order chi connectivity index (χ0) is 31.9. The zero-order valence-electron chi connectivity index (χ0n) is 25.8. The third-order valence-electron chi connectivity index (χ3n) is 8.72. The van der Waals surface area contributed by atoms with Gasteiger partial charge in [0.2, 0.25) is 0 Å². The van der Waals surface area contributed by atoms with E-state index in [1.54, 1.807) is 0 Å². The summed E-state index contributed by atoms with van der Waals surface area (Å²) in [5.74, 6) is 0.718. The van der Waals surface area contributed by atoms with Crippen LogP contribution in [0, 0.1) is 0 Å². The predicted octanol–water partition coefficient (Wildman–Crippen LogP) is 14.0. The molecule has 0 fully saturated rings. The van der Waals surface area contributed by atoms with Gasteiger partial charge in [-0.25, -0.2) is 0 Å². The molecule has 0 aliphatic carbocycles. The third-order valence-corrected chi connectivity index (χ3v) is 11.0. The van der Waals surface area contributed by atoms with Crippen molar-refractivity contribution >= 4 is 59.9 Å². The minimum atomic E-state index is -1.86. The van der Waals surface area contributed by atoms with Crippen molar-refractivity contribution in [3.63, 3.8) is 0 Å². The van der Waals surface area contributed by atoms with E-state index in [9.17, 15) is 0 Å². The van der Waals surface area contributed by atoms with Gasteiger partial charge < -0.3 is 12.9 Å². The molecule has 2 heterocycles. The highest BCUT2D eigenvalue weighted by molar-refractivity contribution is 7.37. The van der Waals surface area contributed by atoms with Crippen molar-refractivity contribution < 1.29 is 12.9 Å². The van der Waals surface area contributed by atoms with Crippen LogP contribution < -0.4 is 4.52 Å². The van der Waals surface area contributed by atoms with Crippen molar-refractivity contribution in [2.45, 2.75) is 0 Å². The largest absolute Gasteiger partial charge is 0.453 e. The molecule has 0 aliphatic heterocycles. The van der Waals surface area contributed by atoms with E-state index >= 15 is 0 Å². The SMILES string of the molecule is c1ccc(-c2cc(-c3ccccc3)pc(-c3ccccc3Op3oc4ccc5ccccc5c4c4c(ccc5ccccc54)o3)c2)cc1. The molecule has 0 amide bonds. The Labute approximate surface area is 280 Å². The maximum atomic E-state index is 6.79. The molecule has 7 aromatic carbocycles. The van der Waals surface area contributed by atoms with Gasteiger partial charge in [-0.15, -0.1) is 0 Å². The Balaban J connectivity index is 1.25. The van der Waals surface area contributed by atoms with Gasteiger partial charge in [0.25, 0.3) is 0 Å². The van der Waals surface area contributed by atoms with Crippen molar-refractivity contribution in [1.82, 2.24) is 0 Å². The highest BCUT2D eigenvalue weighted by Crippen LogP contribution is 2.47. The van der Waals surface area contributed by atoms with Crippen molar-refractivity contribution in [2.24, 2.45) is 0 Å². The van der Waals surface area contributed by atoms with Crippen molar-refractivity contribution in [3.05, 3.63) is 170 Å². The second-order valence-corrected chi connectivity index (χ2v) is 13.9. The molecule has 0 N–H and O–H groups in total. The van der Waals surface area contributed by atoms with E-state index in [-0.39, 0.29) is 0 Å². The molecule has 48 heavy (non-hydrogen) atoms. The van der Waals surface area contributed by atoms with E-state index in [0.29, 0.717) is 0 Å². The summed E-state index contributed by atoms with van der Waals surface area (Å²) in [5.41, 5.74) is 6.03. The summed E-state index contributed by atoms with van der Waals surface area (Å²) < 4.78 is 20.2. The molecule has 0 bridgehead atoms. The lowest BCUT2D eigenvalue weighted by Gasteiger charge is -2.13. The Morgan fingerprint density at radius 3 is 1.60 bits per heavy atom. The van der Waals surface area contributed by atoms with E-state index in [4.69, 9.17) is 12.9 Å². The maximum absolute atomic E-state index is 6.79. The average Bonchev–Trinajstić information content (AvgIpc) is 3.32. The first-order valence-corrected chi connectivity index (χ1v) is 17.9. The normalized spacial score (nSPS) is 11.5. The number of fused-ring (bicyclic) bond motifs is 7. The first-order valence-electron chi connectivity index (χ1n) is 15.9. The summed E-state index contributed by atoms with van der Waals surface area (Å²) >= 11 is 0. The summed E-state index contributed by atoms with van der Waals surface area (Å²) in [4.78, 5) is 0. The molecule has 228 valence electrons. The van der Waals surface area contributed by atoms with Gasteiger partial charge >= 0.3 is 8.24 Å². The lowest BCUT2D eigenvalue weighted by molar-refractivity contribution is 0.499. The van der Waals surface area contributed by atoms with E-state index in [1.807, 2.05) is 24.3 Å². The average molecular weight is 655 g/mol. The van der Waals surface area contributed by atoms with Crippen LogP contribution in [0.15, 0.2) is 178 Å². The standard InChI is InChI=1S/C43H28O3P2/c1-3-13-29(14-4-1)33-27-40(32-17-5-2-6-18-32)47-41(28-33)36-21-11-12-22-37(36)44-48-45-38-25-23-30-15-7-9-19-34(30)42(38)43-35-20-10-8-16-31(35)24-26-39(43)46-48/h1-28H. The highest BCUT2D eigenvalue weighted by atomic mass is 31.1. The van der Waals surface area contributed by atoms with Crippen LogP contribution in [0.2, 0.25) is 0 Å². The van der Waals surface area contributed by atoms with Crippen molar-refractivity contribution in [2.75, 3.05) is 0 Å². The topological polar surface area (TPSA) is 35.5 Å². The second kappa shape index (κ2) is 12.2. The van der Waals surface area contributed by atoms with Gasteiger partial charge in [0.15, 0.2) is 0 Å². The Morgan fingerprint density at radius 1 is 0.438 bits per heavy atom. The number of para-hydroxylation sites is 1. The molecular formula is C43H28O3P2. The summed E-state index contributed by atoms with van der Waals surface area (Å²) in [7, 11) is -0.764. The predicted molar refractivity (Wildman–Crippen MR) is 203 cm³/mol. The minimum absolute atomic E-state index is 0.718. The Hall–Kier alpha value is -5.59. The molecule has 0 spiro atoms. The van der Waals surface area contributed by atoms with Crippen LogP contribution in [-0.2, 0) is 0 Å². The number of hydrogen-bond donors (Lipinski definition) is 0. The van der Waals surface area contributed by atoms with Gasteiger partial charge in [-0.3, -0.25) is 0 Å². The van der Waals surface area contributed by atoms with E-state index in [0.717, 1.165) is 73.8 Å². The molecule has 0 atom stereocenters. The molecule has 0 radical (unpaired) electrons. The van der Waals surface area contributed by atoms with Crippen LogP contribution in [0.4, 0.5) is 0 Å². The van der Waals surface area contributed by atoms with Crippen LogP contribution in [0.1, 0.15) is 0 Å². The summed E-state index contributed by atoms with van der Waals surface area (Å²) in [6, 6.07) is 59.1. The molecule has 2 aromatic heterocycles. The third kappa shape index (κ3) is 5.24. The summed E-state index contributed by atoms with van der Waals surface area (Å²) in [5, 5.41) is 8.95. The number of rotatable bonds is 5. The fourth-order valence-corrected chi connectivity index (χ4v) is 8.76. The molecule has 0 unspecified atom stereocenters. The van der Waals surface area contributed by atoms with E-state index in [1.165, 1.54) is 16.4 Å². The number of benzene rings is 7. The van der Waals surface area contributed by atoms with Crippen LogP contribution in [-0.4, -0.2) is 0 Å². The smallest absolute Gasteiger partial charge is 0.390 e. The molecule has 9 aromatic rings. The Kier molecular flexibility index (Phi) is 7.28. The highest BCUT2D eigenvalue weighted by Gasteiger charge is 2.17. The van der Waals surface area contributed by atoms with Gasteiger partial charge in [0, 0.05) is 26.9 Å². The molecule has 0 saturated heterocycles. The van der Waals surface area contributed by atoms with Gasteiger partial charge in [-0.1, -0.05) is 148 Å². The quantitative estimate of drug-likeness (QED) is 0.185. The van der Waals surface area contributed by atoms with Crippen LogP contribution >= 0.6 is 16.4 Å². The van der Waals surface area contributed by atoms with Crippen LogP contribution in [0.25, 0.3) is 76.3 Å². The summed E-state index contributed by atoms with van der Waals surface area (Å²) in [6.07, 6.45) is 0. The molecule has 5 heteroatoms. The van der Waals surface area contributed by atoms with E-state index in [2.05, 4.69) is 146 Å². The monoisotopic (exact) mass is 654 g/mol. The van der Waals surface area contributed by atoms with Crippen molar-refractivity contribution in [1.29, 1.82) is 0 Å². The van der Waals surface area contributed by atoms with Crippen molar-refractivity contribution in [3.8, 4) is 38.6 Å². The first kappa shape index (κ1) is 28.6. The molecular weight excluding hydrogens is 626 g/mol. The Bertz CT molecular complexity index is 2490. The first-order chi connectivity index (χ1) is 23.8. The second-order valence-electron chi connectivity index (χ2n) is 11.7. The van der Waals surface area contributed by atoms with Crippen LogP contribution in [0.5, 0.6) is 5.75 Å². The van der Waals surface area contributed by atoms with Crippen LogP contribution in [0.3, 0.4) is 0 Å². The molecule has 9 rings (SSSR count). The maximum Gasteiger partial charge on any atom is 0.453 e. The summed E-state index contributed by atoms with van der Waals surface area (Å²) in [6.45, 7) is 0.